The minimum atomic E-state index is -1.02. The molecule has 0 radical (unpaired) electrons. The highest BCUT2D eigenvalue weighted by atomic mass is 79.9. The molecular weight excluding hydrogens is 286 g/mol. The van der Waals surface area contributed by atoms with Crippen LogP contribution in [0.2, 0.25) is 0 Å². The Morgan fingerprint density at radius 1 is 1.38 bits per heavy atom. The van der Waals surface area contributed by atoms with Gasteiger partial charge in [0.25, 0.3) is 5.89 Å². The molecule has 0 fully saturated rings. The fraction of sp³-hybridized carbons (Fsp3) is 0.111. The monoisotopic (exact) mass is 290 g/mol. The predicted molar refractivity (Wildman–Crippen MR) is 53.3 cm³/mol. The highest BCUT2D eigenvalue weighted by Crippen LogP contribution is 2.29. The van der Waals surface area contributed by atoms with Crippen molar-refractivity contribution in [3.05, 3.63) is 34.1 Å². The van der Waals surface area contributed by atoms with Crippen LogP contribution < -0.4 is 0 Å². The number of rotatable bonds is 2. The molecule has 0 saturated carbocycles. The van der Waals surface area contributed by atoms with E-state index in [1.807, 2.05) is 0 Å². The first-order valence-electron chi connectivity index (χ1n) is 4.20. The van der Waals surface area contributed by atoms with E-state index < -0.39 is 18.2 Å². The highest BCUT2D eigenvalue weighted by molar-refractivity contribution is 9.10. The van der Waals surface area contributed by atoms with Gasteiger partial charge in [0, 0.05) is 5.56 Å². The van der Waals surface area contributed by atoms with Crippen molar-refractivity contribution in [3.63, 3.8) is 0 Å². The van der Waals surface area contributed by atoms with Gasteiger partial charge in [-0.05, 0) is 28.1 Å². The number of aliphatic hydroxyl groups excluding tert-OH is 1. The van der Waals surface area contributed by atoms with Crippen molar-refractivity contribution in [2.24, 2.45) is 0 Å². The van der Waals surface area contributed by atoms with Gasteiger partial charge in [-0.15, -0.1) is 0 Å². The zero-order valence-electron chi connectivity index (χ0n) is 7.75. The van der Waals surface area contributed by atoms with Gasteiger partial charge in [0.15, 0.2) is 11.6 Å². The zero-order valence-corrected chi connectivity index (χ0v) is 9.33. The summed E-state index contributed by atoms with van der Waals surface area (Å²) >= 11 is 2.90. The molecule has 0 amide bonds. The summed E-state index contributed by atoms with van der Waals surface area (Å²) in [5.41, 5.74) is 0.252. The van der Waals surface area contributed by atoms with Crippen LogP contribution >= 0.6 is 15.9 Å². The Bertz CT molecular complexity index is 530. The molecule has 0 aliphatic carbocycles. The third-order valence-electron chi connectivity index (χ3n) is 1.88. The summed E-state index contributed by atoms with van der Waals surface area (Å²) in [6.07, 6.45) is 0. The fourth-order valence-corrected chi connectivity index (χ4v) is 1.63. The van der Waals surface area contributed by atoms with Crippen molar-refractivity contribution in [3.8, 4) is 11.4 Å². The maximum Gasteiger partial charge on any atom is 0.252 e. The van der Waals surface area contributed by atoms with Crippen LogP contribution in [0.25, 0.3) is 11.4 Å². The topological polar surface area (TPSA) is 59.2 Å². The molecule has 2 aromatic rings. The van der Waals surface area contributed by atoms with Crippen LogP contribution in [0.5, 0.6) is 0 Å². The minimum absolute atomic E-state index is 0.00614. The summed E-state index contributed by atoms with van der Waals surface area (Å²) in [7, 11) is 0. The highest BCUT2D eigenvalue weighted by Gasteiger charge is 2.16. The van der Waals surface area contributed by atoms with Crippen LogP contribution in [-0.2, 0) is 6.61 Å². The molecule has 1 heterocycles. The first-order chi connectivity index (χ1) is 7.63. The fourth-order valence-electron chi connectivity index (χ4n) is 1.13. The van der Waals surface area contributed by atoms with Crippen LogP contribution in [0.1, 0.15) is 5.89 Å². The molecule has 0 saturated heterocycles. The van der Waals surface area contributed by atoms with E-state index in [2.05, 4.69) is 30.6 Å². The SMILES string of the molecule is OCc1nc(-c2ccc(F)c(F)c2Br)no1. The Labute approximate surface area is 97.0 Å². The van der Waals surface area contributed by atoms with E-state index >= 15 is 0 Å². The van der Waals surface area contributed by atoms with Crippen LogP contribution in [0.3, 0.4) is 0 Å². The molecule has 0 aliphatic rings. The molecule has 4 nitrogen and oxygen atoms in total. The van der Waals surface area contributed by atoms with Gasteiger partial charge in [0.2, 0.25) is 5.82 Å². The summed E-state index contributed by atoms with van der Waals surface area (Å²) in [4.78, 5) is 3.78. The Hall–Kier alpha value is -1.34. The first-order valence-corrected chi connectivity index (χ1v) is 5.00. The number of hydrogen-bond donors (Lipinski definition) is 1. The molecule has 0 atom stereocenters. The molecule has 84 valence electrons. The van der Waals surface area contributed by atoms with Gasteiger partial charge < -0.3 is 9.63 Å². The largest absolute Gasteiger partial charge is 0.387 e. The molecule has 16 heavy (non-hydrogen) atoms. The number of hydrogen-bond acceptors (Lipinski definition) is 4. The summed E-state index contributed by atoms with van der Waals surface area (Å²) < 4.78 is 30.6. The molecule has 0 bridgehead atoms. The van der Waals surface area contributed by atoms with E-state index in [4.69, 9.17) is 5.11 Å². The summed E-state index contributed by atoms with van der Waals surface area (Å²) in [5.74, 6) is -1.91. The smallest absolute Gasteiger partial charge is 0.252 e. The van der Waals surface area contributed by atoms with Crippen LogP contribution in [-0.4, -0.2) is 15.2 Å². The van der Waals surface area contributed by atoms with Crippen LogP contribution in [0, 0.1) is 11.6 Å². The number of aliphatic hydroxyl groups is 1. The third kappa shape index (κ3) is 1.83. The van der Waals surface area contributed by atoms with Gasteiger partial charge in [-0.2, -0.15) is 4.98 Å². The lowest BCUT2D eigenvalue weighted by atomic mass is 10.2. The Morgan fingerprint density at radius 2 is 2.12 bits per heavy atom. The number of benzene rings is 1. The van der Waals surface area contributed by atoms with Crippen molar-refractivity contribution in [2.45, 2.75) is 6.61 Å². The number of aromatic nitrogens is 2. The van der Waals surface area contributed by atoms with Crippen molar-refractivity contribution >= 4 is 15.9 Å². The molecule has 0 aliphatic heterocycles. The van der Waals surface area contributed by atoms with Gasteiger partial charge in [0.1, 0.15) is 6.61 Å². The van der Waals surface area contributed by atoms with Crippen LogP contribution in [0.4, 0.5) is 8.78 Å². The average molecular weight is 291 g/mol. The van der Waals surface area contributed by atoms with E-state index in [9.17, 15) is 8.78 Å². The maximum absolute atomic E-state index is 13.2. The second-order valence-electron chi connectivity index (χ2n) is 2.89. The van der Waals surface area contributed by atoms with Crippen LogP contribution in [0.15, 0.2) is 21.1 Å². The standard InChI is InChI=1S/C9H5BrF2N2O2/c10-7-4(1-2-5(11)8(7)12)9-13-6(3-15)16-14-9/h1-2,15H,3H2. The predicted octanol–water partition coefficient (Wildman–Crippen LogP) is 2.27. The molecule has 0 spiro atoms. The van der Waals surface area contributed by atoms with Gasteiger partial charge in [-0.3, -0.25) is 0 Å². The van der Waals surface area contributed by atoms with E-state index in [0.29, 0.717) is 0 Å². The number of halogens is 3. The normalized spacial score (nSPS) is 10.8. The zero-order chi connectivity index (χ0) is 11.7. The quantitative estimate of drug-likeness (QED) is 0.862. The van der Waals surface area contributed by atoms with Gasteiger partial charge in [-0.25, -0.2) is 8.78 Å². The van der Waals surface area contributed by atoms with Crippen molar-refractivity contribution in [1.82, 2.24) is 10.1 Å². The minimum Gasteiger partial charge on any atom is -0.387 e. The summed E-state index contributed by atoms with van der Waals surface area (Å²) in [6, 6.07) is 2.28. The van der Waals surface area contributed by atoms with E-state index in [0.717, 1.165) is 6.07 Å². The second-order valence-corrected chi connectivity index (χ2v) is 3.69. The van der Waals surface area contributed by atoms with E-state index in [1.54, 1.807) is 0 Å². The molecule has 7 heteroatoms. The first kappa shape index (κ1) is 11.2. The lowest BCUT2D eigenvalue weighted by molar-refractivity contribution is 0.222. The Kier molecular flexibility index (Phi) is 2.97. The summed E-state index contributed by atoms with van der Waals surface area (Å²) in [5, 5.41) is 12.2. The van der Waals surface area contributed by atoms with Crippen molar-refractivity contribution in [2.75, 3.05) is 0 Å². The molecule has 2 rings (SSSR count). The molecule has 0 unspecified atom stereocenters. The van der Waals surface area contributed by atoms with E-state index in [-0.39, 0.29) is 21.8 Å². The summed E-state index contributed by atoms with van der Waals surface area (Å²) in [6.45, 7) is -0.408. The van der Waals surface area contributed by atoms with Crippen molar-refractivity contribution < 1.29 is 18.4 Å². The second kappa shape index (κ2) is 4.26. The lowest BCUT2D eigenvalue weighted by Crippen LogP contribution is -1.91. The number of nitrogens with zero attached hydrogens (tertiary/aromatic N) is 2. The molecule has 1 N–H and O–H groups in total. The average Bonchev–Trinajstić information content (AvgIpc) is 2.74. The third-order valence-corrected chi connectivity index (χ3v) is 2.65. The molecular formula is C9H5BrF2N2O2. The lowest BCUT2D eigenvalue weighted by Gasteiger charge is -2.00. The molecule has 1 aromatic heterocycles. The molecule has 1 aromatic carbocycles. The Morgan fingerprint density at radius 3 is 2.75 bits per heavy atom. The maximum atomic E-state index is 13.2. The van der Waals surface area contributed by atoms with E-state index in [1.165, 1.54) is 6.07 Å². The van der Waals surface area contributed by atoms with Crippen molar-refractivity contribution in [1.29, 1.82) is 0 Å². The Balaban J connectivity index is 2.52. The van der Waals surface area contributed by atoms with Gasteiger partial charge in [0.05, 0.1) is 4.47 Å². The van der Waals surface area contributed by atoms with Gasteiger partial charge >= 0.3 is 0 Å². The van der Waals surface area contributed by atoms with Gasteiger partial charge in [-0.1, -0.05) is 5.16 Å².